The highest BCUT2D eigenvalue weighted by Gasteiger charge is 2.17. The van der Waals surface area contributed by atoms with E-state index >= 15 is 0 Å². The van der Waals surface area contributed by atoms with Gasteiger partial charge in [-0.15, -0.1) is 0 Å². The molecule has 0 aliphatic carbocycles. The van der Waals surface area contributed by atoms with E-state index in [1.165, 1.54) is 0 Å². The number of furan rings is 1. The predicted octanol–water partition coefficient (Wildman–Crippen LogP) is 11.5. The Hall–Kier alpha value is -5.40. The average molecular weight is 532 g/mol. The predicted molar refractivity (Wildman–Crippen MR) is 175 cm³/mol. The van der Waals surface area contributed by atoms with Crippen molar-refractivity contribution in [2.75, 3.05) is 0 Å². The molecule has 0 aliphatic rings. The number of hydrogen-bond donors (Lipinski definition) is 0. The van der Waals surface area contributed by atoms with Crippen molar-refractivity contribution in [1.82, 2.24) is 0 Å². The van der Waals surface area contributed by atoms with Gasteiger partial charge in [0.15, 0.2) is 0 Å². The van der Waals surface area contributed by atoms with Gasteiger partial charge in [0.05, 0.1) is 15.1 Å². The van der Waals surface area contributed by atoms with Gasteiger partial charge in [0.1, 0.15) is 11.2 Å². The summed E-state index contributed by atoms with van der Waals surface area (Å²) in [6, 6.07) is 19.6. The van der Waals surface area contributed by atoms with Crippen molar-refractivity contribution in [3.8, 4) is 22.3 Å². The largest absolute Gasteiger partial charge is 0.456 e. The fourth-order valence-electron chi connectivity index (χ4n) is 6.00. The fraction of sp³-hybridized carbons (Fsp3) is 0. The molecule has 0 amide bonds. The molecule has 41 heavy (non-hydrogen) atoms. The lowest BCUT2D eigenvalue weighted by Gasteiger charge is -2.14. The summed E-state index contributed by atoms with van der Waals surface area (Å²) in [7, 11) is 0. The zero-order valence-corrected chi connectivity index (χ0v) is 21.4. The van der Waals surface area contributed by atoms with E-state index in [2.05, 4.69) is 0 Å². The van der Waals surface area contributed by atoms with Gasteiger partial charge in [0.25, 0.3) is 0 Å². The molecular weight excluding hydrogens is 496 g/mol. The summed E-state index contributed by atoms with van der Waals surface area (Å²) < 4.78 is 103. The van der Waals surface area contributed by atoms with E-state index in [1.807, 2.05) is 66.7 Å². The van der Waals surface area contributed by atoms with E-state index < -0.39 is 66.5 Å². The number of benzene rings is 8. The van der Waals surface area contributed by atoms with Crippen LogP contribution in [0.2, 0.25) is 0 Å². The first-order chi connectivity index (χ1) is 24.9. The van der Waals surface area contributed by atoms with Crippen LogP contribution >= 0.6 is 0 Å². The van der Waals surface area contributed by atoms with E-state index in [4.69, 9.17) is 16.8 Å². The highest BCUT2D eigenvalue weighted by atomic mass is 16.3. The molecule has 0 fully saturated rings. The van der Waals surface area contributed by atoms with Gasteiger partial charge in [-0.25, -0.2) is 0 Å². The molecular formula is C40H24O. The Balaban J connectivity index is 1.51. The Kier molecular flexibility index (Phi) is 2.98. The quantitative estimate of drug-likeness (QED) is 0.160. The summed E-state index contributed by atoms with van der Waals surface area (Å²) in [5.41, 5.74) is 3.75. The third kappa shape index (κ3) is 3.30. The van der Waals surface area contributed by atoms with Crippen LogP contribution in [0.1, 0.15) is 15.1 Å². The van der Waals surface area contributed by atoms with Crippen LogP contribution in [-0.4, -0.2) is 0 Å². The molecule has 0 radical (unpaired) electrons. The van der Waals surface area contributed by atoms with Gasteiger partial charge in [-0.2, -0.15) is 0 Å². The molecule has 0 unspecified atom stereocenters. The van der Waals surface area contributed by atoms with Gasteiger partial charge in [-0.1, -0.05) is 121 Å². The van der Waals surface area contributed by atoms with Gasteiger partial charge in [0.2, 0.25) is 0 Å². The molecule has 0 saturated carbocycles. The first kappa shape index (κ1) is 14.3. The van der Waals surface area contributed by atoms with Gasteiger partial charge < -0.3 is 4.42 Å². The second kappa shape index (κ2) is 8.55. The molecule has 9 aromatic rings. The Morgan fingerprint density at radius 3 is 2.10 bits per heavy atom. The summed E-state index contributed by atoms with van der Waals surface area (Å²) in [5.74, 6) is 0. The van der Waals surface area contributed by atoms with Gasteiger partial charge in [0, 0.05) is 10.8 Å². The molecule has 1 heterocycles. The normalized spacial score (nSPS) is 15.7. The van der Waals surface area contributed by atoms with Crippen LogP contribution in [-0.2, 0) is 0 Å². The summed E-state index contributed by atoms with van der Waals surface area (Å²) in [6.45, 7) is 0. The summed E-state index contributed by atoms with van der Waals surface area (Å²) >= 11 is 0. The van der Waals surface area contributed by atoms with Crippen molar-refractivity contribution in [1.29, 1.82) is 0 Å². The van der Waals surface area contributed by atoms with Crippen LogP contribution in [0.4, 0.5) is 0 Å². The maximum Gasteiger partial charge on any atom is 0.136 e. The Labute approximate surface area is 252 Å². The van der Waals surface area contributed by atoms with E-state index in [0.717, 1.165) is 27.3 Å². The van der Waals surface area contributed by atoms with E-state index in [9.17, 15) is 2.74 Å². The molecule has 0 bridgehead atoms. The Morgan fingerprint density at radius 2 is 1.22 bits per heavy atom. The number of hydrogen-bond acceptors (Lipinski definition) is 1. The average Bonchev–Trinajstić information content (AvgIpc) is 3.53. The fourth-order valence-corrected chi connectivity index (χ4v) is 6.00. The molecule has 1 heteroatoms. The van der Waals surface area contributed by atoms with Crippen LogP contribution < -0.4 is 0 Å². The first-order valence-corrected chi connectivity index (χ1v) is 13.2. The van der Waals surface area contributed by atoms with E-state index in [-0.39, 0.29) is 37.9 Å². The van der Waals surface area contributed by atoms with Crippen molar-refractivity contribution in [2.24, 2.45) is 0 Å². The molecule has 0 aliphatic heterocycles. The Morgan fingerprint density at radius 1 is 0.463 bits per heavy atom. The van der Waals surface area contributed by atoms with Crippen molar-refractivity contribution in [3.05, 3.63) is 145 Å². The SMILES string of the molecule is [2H]c1c([2H])c([2H])c2c([2H])c3c(c([2H])c([2H])c4c([2H])c([2H])c([2H])c([2H])c43)c(-c3ccc4oc5cc(-c6ccccc6)c6ccccc6c5c4c3)c2c1[2H]. The lowest BCUT2D eigenvalue weighted by molar-refractivity contribution is 0.669. The van der Waals surface area contributed by atoms with Gasteiger partial charge in [-0.3, -0.25) is 0 Å². The topological polar surface area (TPSA) is 13.1 Å². The summed E-state index contributed by atoms with van der Waals surface area (Å²) in [4.78, 5) is 0. The lowest BCUT2D eigenvalue weighted by atomic mass is 9.89. The van der Waals surface area contributed by atoms with Crippen molar-refractivity contribution < 1.29 is 19.5 Å². The maximum absolute atomic E-state index is 9.37. The van der Waals surface area contributed by atoms with Gasteiger partial charge >= 0.3 is 0 Å². The molecule has 1 aromatic heterocycles. The molecule has 1 nitrogen and oxygen atoms in total. The molecule has 190 valence electrons. The lowest BCUT2D eigenvalue weighted by Crippen LogP contribution is -1.87. The maximum atomic E-state index is 9.37. The standard InChI is InChI=1S/C40H24O/c1-2-10-25(11-3-1)34-24-38-40(32-17-9-8-16-31(32)34)36-23-28(19-21-37(36)41-38)39-30-15-7-5-13-27(30)22-35-29-14-6-4-12-26(29)18-20-33(35)39/h1-24H/i4D,5D,6D,7D,12D,13D,14D,15D,18D,20D,22D. The second-order valence-electron chi connectivity index (χ2n) is 10.0. The smallest absolute Gasteiger partial charge is 0.136 e. The molecule has 9 rings (SSSR count). The number of fused-ring (bicyclic) bond motifs is 9. The highest BCUT2D eigenvalue weighted by Crippen LogP contribution is 2.44. The van der Waals surface area contributed by atoms with Crippen molar-refractivity contribution >= 4 is 65.0 Å². The molecule has 0 spiro atoms. The minimum Gasteiger partial charge on any atom is -0.456 e. The van der Waals surface area contributed by atoms with Crippen molar-refractivity contribution in [2.45, 2.75) is 0 Å². The second-order valence-corrected chi connectivity index (χ2v) is 10.0. The zero-order valence-electron chi connectivity index (χ0n) is 32.4. The highest BCUT2D eigenvalue weighted by molar-refractivity contribution is 6.24. The molecule has 0 atom stereocenters. The minimum atomic E-state index is -0.584. The third-order valence-electron chi connectivity index (χ3n) is 7.79. The van der Waals surface area contributed by atoms with Crippen LogP contribution in [0.5, 0.6) is 0 Å². The summed E-state index contributed by atoms with van der Waals surface area (Å²) in [5, 5.41) is 2.73. The first-order valence-electron chi connectivity index (χ1n) is 18.7. The zero-order chi connectivity index (χ0) is 36.5. The van der Waals surface area contributed by atoms with Crippen molar-refractivity contribution in [3.63, 3.8) is 0 Å². The third-order valence-corrected chi connectivity index (χ3v) is 7.79. The molecule has 0 saturated heterocycles. The van der Waals surface area contributed by atoms with Gasteiger partial charge in [-0.05, 0) is 89.6 Å². The van der Waals surface area contributed by atoms with Crippen LogP contribution in [0, 0.1) is 0 Å². The number of rotatable bonds is 2. The van der Waals surface area contributed by atoms with E-state index in [0.29, 0.717) is 22.1 Å². The monoisotopic (exact) mass is 531 g/mol. The van der Waals surface area contributed by atoms with Crippen LogP contribution in [0.25, 0.3) is 87.3 Å². The van der Waals surface area contributed by atoms with Crippen LogP contribution in [0.15, 0.2) is 150 Å². The molecule has 0 N–H and O–H groups in total. The van der Waals surface area contributed by atoms with E-state index in [1.54, 1.807) is 12.1 Å². The molecule has 8 aromatic carbocycles. The van der Waals surface area contributed by atoms with Crippen LogP contribution in [0.3, 0.4) is 0 Å². The minimum absolute atomic E-state index is 0.0200. The summed E-state index contributed by atoms with van der Waals surface area (Å²) in [6.07, 6.45) is 0. The Bertz CT molecular complexity index is 3080.